The van der Waals surface area contributed by atoms with Crippen LogP contribution in [0.25, 0.3) is 0 Å². The largest absolute Gasteiger partial charge is 0.350 e. The lowest BCUT2D eigenvalue weighted by Crippen LogP contribution is -1.88. The van der Waals surface area contributed by atoms with Gasteiger partial charge in [-0.05, 0) is 0 Å². The maximum atomic E-state index is 8.91. The van der Waals surface area contributed by atoms with Crippen molar-refractivity contribution in [1.82, 2.24) is 0 Å². The average Bonchev–Trinajstić information content (AvgIpc) is 1.90. The molecule has 1 aromatic carbocycles. The average molecular weight is 121 g/mol. The summed E-state index contributed by atoms with van der Waals surface area (Å²) in [7, 11) is 0. The minimum atomic E-state index is -0.591. The van der Waals surface area contributed by atoms with Gasteiger partial charge in [0.2, 0.25) is 6.10 Å². The Morgan fingerprint density at radius 1 is 1.22 bits per heavy atom. The Bertz CT molecular complexity index is 167. The van der Waals surface area contributed by atoms with Gasteiger partial charge in [-0.15, -0.1) is 0 Å². The standard InChI is InChI=1S/C8H9O/c1-7(9)8-5-3-2-4-6-8/h2-7,9H,1H2/q+1/t7-/m0/s1. The molecule has 0 aliphatic carbocycles. The van der Waals surface area contributed by atoms with E-state index in [1.54, 1.807) is 0 Å². The van der Waals surface area contributed by atoms with E-state index in [2.05, 4.69) is 6.92 Å². The van der Waals surface area contributed by atoms with Gasteiger partial charge in [0.25, 0.3) is 0 Å². The van der Waals surface area contributed by atoms with Gasteiger partial charge in [-0.25, -0.2) is 0 Å². The molecule has 0 aromatic heterocycles. The number of rotatable bonds is 1. The van der Waals surface area contributed by atoms with E-state index in [1.165, 1.54) is 0 Å². The molecule has 0 radical (unpaired) electrons. The molecule has 9 heavy (non-hydrogen) atoms. The highest BCUT2D eigenvalue weighted by Crippen LogP contribution is 2.08. The van der Waals surface area contributed by atoms with Crippen LogP contribution in [0.1, 0.15) is 11.7 Å². The van der Waals surface area contributed by atoms with Gasteiger partial charge in [0.05, 0.1) is 6.92 Å². The summed E-state index contributed by atoms with van der Waals surface area (Å²) in [4.78, 5) is 0. The second-order valence-corrected chi connectivity index (χ2v) is 1.93. The quantitative estimate of drug-likeness (QED) is 0.559. The zero-order chi connectivity index (χ0) is 6.69. The molecule has 0 unspecified atom stereocenters. The molecule has 46 valence electrons. The number of benzene rings is 1. The van der Waals surface area contributed by atoms with Crippen LogP contribution < -0.4 is 0 Å². The Morgan fingerprint density at radius 3 is 2.11 bits per heavy atom. The molecule has 1 rings (SSSR count). The summed E-state index contributed by atoms with van der Waals surface area (Å²) < 4.78 is 0. The maximum absolute atomic E-state index is 8.91. The Hall–Kier alpha value is -0.950. The van der Waals surface area contributed by atoms with Crippen LogP contribution in [0.5, 0.6) is 0 Å². The molecular formula is C8H9O+. The lowest BCUT2D eigenvalue weighted by molar-refractivity contribution is 0.226. The van der Waals surface area contributed by atoms with Crippen LogP contribution in [0.15, 0.2) is 30.3 Å². The number of aliphatic hydroxyl groups excluding tert-OH is 1. The van der Waals surface area contributed by atoms with E-state index in [4.69, 9.17) is 5.11 Å². The van der Waals surface area contributed by atoms with Gasteiger partial charge in [-0.1, -0.05) is 30.3 Å². The Labute approximate surface area is 55.0 Å². The molecule has 0 heterocycles. The van der Waals surface area contributed by atoms with Crippen LogP contribution >= 0.6 is 0 Å². The van der Waals surface area contributed by atoms with Crippen LogP contribution in [0, 0.1) is 6.92 Å². The van der Waals surface area contributed by atoms with Crippen LogP contribution in [0.2, 0.25) is 0 Å². The van der Waals surface area contributed by atoms with E-state index in [-0.39, 0.29) is 0 Å². The van der Waals surface area contributed by atoms with E-state index in [0.29, 0.717) is 0 Å². The zero-order valence-corrected chi connectivity index (χ0v) is 5.12. The van der Waals surface area contributed by atoms with Crippen molar-refractivity contribution in [2.45, 2.75) is 6.10 Å². The topological polar surface area (TPSA) is 20.2 Å². The highest BCUT2D eigenvalue weighted by atomic mass is 16.3. The van der Waals surface area contributed by atoms with Gasteiger partial charge >= 0.3 is 0 Å². The van der Waals surface area contributed by atoms with E-state index < -0.39 is 6.10 Å². The zero-order valence-electron chi connectivity index (χ0n) is 5.12. The van der Waals surface area contributed by atoms with Crippen molar-refractivity contribution in [2.24, 2.45) is 0 Å². The van der Waals surface area contributed by atoms with Gasteiger partial charge in [-0.3, -0.25) is 0 Å². The predicted molar refractivity (Wildman–Crippen MR) is 36.8 cm³/mol. The second-order valence-electron chi connectivity index (χ2n) is 1.93. The van der Waals surface area contributed by atoms with Crippen molar-refractivity contribution >= 4 is 0 Å². The van der Waals surface area contributed by atoms with Crippen molar-refractivity contribution in [3.05, 3.63) is 42.8 Å². The number of hydrogen-bond acceptors (Lipinski definition) is 1. The van der Waals surface area contributed by atoms with Crippen LogP contribution in [-0.4, -0.2) is 5.11 Å². The fourth-order valence-corrected chi connectivity index (χ4v) is 0.675. The van der Waals surface area contributed by atoms with E-state index in [9.17, 15) is 0 Å². The first-order valence-corrected chi connectivity index (χ1v) is 2.87. The minimum absolute atomic E-state index is 0.591. The Kier molecular flexibility index (Phi) is 1.75. The maximum Gasteiger partial charge on any atom is 0.218 e. The second kappa shape index (κ2) is 2.55. The van der Waals surface area contributed by atoms with Crippen LogP contribution in [0.4, 0.5) is 0 Å². The summed E-state index contributed by atoms with van der Waals surface area (Å²) in [6, 6.07) is 9.36. The fraction of sp³-hybridized carbons (Fsp3) is 0.125. The van der Waals surface area contributed by atoms with Gasteiger partial charge in [0, 0.05) is 5.56 Å². The normalized spacial score (nSPS) is 13.0. The summed E-state index contributed by atoms with van der Waals surface area (Å²) in [6.07, 6.45) is -0.591. The monoisotopic (exact) mass is 121 g/mol. The fourth-order valence-electron chi connectivity index (χ4n) is 0.675. The summed E-state index contributed by atoms with van der Waals surface area (Å²) in [5, 5.41) is 8.91. The van der Waals surface area contributed by atoms with Crippen molar-refractivity contribution in [3.8, 4) is 0 Å². The molecule has 0 aliphatic heterocycles. The predicted octanol–water partition coefficient (Wildman–Crippen LogP) is 1.55. The highest BCUT2D eigenvalue weighted by Gasteiger charge is 2.02. The lowest BCUT2D eigenvalue weighted by atomic mass is 10.1. The van der Waals surface area contributed by atoms with Crippen molar-refractivity contribution in [3.63, 3.8) is 0 Å². The number of hydrogen-bond donors (Lipinski definition) is 1. The van der Waals surface area contributed by atoms with Gasteiger partial charge in [-0.2, -0.15) is 0 Å². The van der Waals surface area contributed by atoms with Crippen LogP contribution in [0.3, 0.4) is 0 Å². The third-order valence-electron chi connectivity index (χ3n) is 1.18. The molecule has 1 nitrogen and oxygen atoms in total. The Balaban J connectivity index is 2.85. The SMILES string of the molecule is [CH2+][C@H](O)c1ccccc1. The summed E-state index contributed by atoms with van der Waals surface area (Å²) in [5.74, 6) is 0. The molecule has 0 amide bonds. The molecule has 0 saturated carbocycles. The third kappa shape index (κ3) is 1.47. The smallest absolute Gasteiger partial charge is 0.218 e. The van der Waals surface area contributed by atoms with Gasteiger partial charge in [0.1, 0.15) is 0 Å². The van der Waals surface area contributed by atoms with Gasteiger partial charge in [0.15, 0.2) is 0 Å². The summed E-state index contributed by atoms with van der Waals surface area (Å²) in [5.41, 5.74) is 0.859. The molecule has 0 fully saturated rings. The lowest BCUT2D eigenvalue weighted by Gasteiger charge is -1.94. The molecule has 1 atom stereocenters. The van der Waals surface area contributed by atoms with E-state index >= 15 is 0 Å². The molecular weight excluding hydrogens is 112 g/mol. The number of aliphatic hydroxyl groups is 1. The van der Waals surface area contributed by atoms with E-state index in [0.717, 1.165) is 5.56 Å². The highest BCUT2D eigenvalue weighted by molar-refractivity contribution is 5.17. The first kappa shape index (κ1) is 6.17. The molecule has 0 spiro atoms. The summed E-state index contributed by atoms with van der Waals surface area (Å²) in [6.45, 7) is 3.46. The minimum Gasteiger partial charge on any atom is -0.350 e. The summed E-state index contributed by atoms with van der Waals surface area (Å²) >= 11 is 0. The molecule has 1 aromatic rings. The van der Waals surface area contributed by atoms with Crippen molar-refractivity contribution in [2.75, 3.05) is 0 Å². The van der Waals surface area contributed by atoms with Crippen LogP contribution in [-0.2, 0) is 0 Å². The Morgan fingerprint density at radius 2 is 1.78 bits per heavy atom. The third-order valence-corrected chi connectivity index (χ3v) is 1.18. The molecule has 1 heteroatoms. The molecule has 0 aliphatic rings. The molecule has 1 N–H and O–H groups in total. The van der Waals surface area contributed by atoms with Crippen molar-refractivity contribution in [1.29, 1.82) is 0 Å². The first-order chi connectivity index (χ1) is 4.30. The molecule has 0 bridgehead atoms. The van der Waals surface area contributed by atoms with Gasteiger partial charge < -0.3 is 5.11 Å². The molecule has 0 saturated heterocycles. The van der Waals surface area contributed by atoms with E-state index in [1.807, 2.05) is 30.3 Å². The first-order valence-electron chi connectivity index (χ1n) is 2.87. The van der Waals surface area contributed by atoms with Crippen molar-refractivity contribution < 1.29 is 5.11 Å².